The fourth-order valence-corrected chi connectivity index (χ4v) is 3.85. The maximum absolute atomic E-state index is 14.7. The predicted molar refractivity (Wildman–Crippen MR) is 121 cm³/mol. The molecule has 0 atom stereocenters. The van der Waals surface area contributed by atoms with Crippen molar-refractivity contribution in [3.05, 3.63) is 66.0 Å². The van der Waals surface area contributed by atoms with Crippen molar-refractivity contribution in [2.45, 2.75) is 33.4 Å². The fourth-order valence-electron chi connectivity index (χ4n) is 3.85. The van der Waals surface area contributed by atoms with Crippen molar-refractivity contribution >= 4 is 33.8 Å². The van der Waals surface area contributed by atoms with E-state index in [2.05, 4.69) is 15.2 Å². The van der Waals surface area contributed by atoms with Crippen molar-refractivity contribution in [1.82, 2.24) is 19.6 Å². The molecule has 0 aliphatic heterocycles. The lowest BCUT2D eigenvalue weighted by Gasteiger charge is -2.27. The monoisotopic (exact) mass is 511 g/mol. The van der Waals surface area contributed by atoms with Gasteiger partial charge in [0.2, 0.25) is 0 Å². The van der Waals surface area contributed by atoms with Gasteiger partial charge in [0.05, 0.1) is 17.5 Å². The van der Waals surface area contributed by atoms with E-state index < -0.39 is 36.2 Å². The van der Waals surface area contributed by atoms with E-state index >= 15 is 0 Å². The summed E-state index contributed by atoms with van der Waals surface area (Å²) in [5.74, 6) is -1.64. The van der Waals surface area contributed by atoms with Gasteiger partial charge in [0.15, 0.2) is 0 Å². The summed E-state index contributed by atoms with van der Waals surface area (Å²) in [6.07, 6.45) is -5.22. The van der Waals surface area contributed by atoms with Crippen LogP contribution in [0.3, 0.4) is 0 Å². The van der Waals surface area contributed by atoms with Gasteiger partial charge in [-0.2, -0.15) is 18.2 Å². The minimum absolute atomic E-state index is 0.0306. The Bertz CT molecular complexity index is 1460. The van der Waals surface area contributed by atoms with Gasteiger partial charge in [-0.15, -0.1) is 10.2 Å². The van der Waals surface area contributed by atoms with E-state index in [4.69, 9.17) is 0 Å². The molecule has 0 saturated heterocycles. The Balaban J connectivity index is 1.93. The molecule has 2 heterocycles. The van der Waals surface area contributed by atoms with Gasteiger partial charge in [0.1, 0.15) is 23.8 Å². The maximum Gasteiger partial charge on any atom is 0.397 e. The number of hydrogen-bond donors (Lipinski definition) is 0. The highest BCUT2D eigenvalue weighted by atomic mass is 19.4. The van der Waals surface area contributed by atoms with Crippen molar-refractivity contribution in [2.24, 2.45) is 5.41 Å². The minimum Gasteiger partial charge on any atom is -0.320 e. The van der Waals surface area contributed by atoms with E-state index in [1.165, 1.54) is 35.9 Å². The molecule has 0 N–H and O–H groups in total. The van der Waals surface area contributed by atoms with Crippen molar-refractivity contribution in [1.29, 1.82) is 0 Å². The standard InChI is InChI=1S/C24H20F7N5/c1-13(10-23(2,3)24(29,30)31)14-6-16(26)8-17(7-14)35(11-20(27)28)21-18-9-15(25)4-5-19(18)36-12-32-34-22(36)33-21/h4-10,12,20H,11H2,1-3H3. The third kappa shape index (κ3) is 4.84. The molecule has 12 heteroatoms. The molecule has 190 valence electrons. The molecule has 36 heavy (non-hydrogen) atoms. The zero-order chi connectivity index (χ0) is 26.4. The Hall–Kier alpha value is -3.70. The van der Waals surface area contributed by atoms with Crippen LogP contribution < -0.4 is 4.90 Å². The fraction of sp³-hybridized carbons (Fsp3) is 0.292. The molecule has 0 unspecified atom stereocenters. The lowest BCUT2D eigenvalue weighted by Crippen LogP contribution is -2.30. The number of aromatic nitrogens is 4. The highest BCUT2D eigenvalue weighted by Crippen LogP contribution is 2.41. The Labute approximate surface area is 200 Å². The van der Waals surface area contributed by atoms with Crippen LogP contribution in [0.2, 0.25) is 0 Å². The van der Waals surface area contributed by atoms with E-state index in [-0.39, 0.29) is 33.8 Å². The first-order valence-corrected chi connectivity index (χ1v) is 10.7. The van der Waals surface area contributed by atoms with Gasteiger partial charge in [-0.05, 0) is 68.3 Å². The van der Waals surface area contributed by atoms with Crippen LogP contribution in [0, 0.1) is 17.0 Å². The van der Waals surface area contributed by atoms with Crippen LogP contribution in [0.4, 0.5) is 42.2 Å². The number of benzene rings is 2. The summed E-state index contributed by atoms with van der Waals surface area (Å²) in [5.41, 5.74) is -1.82. The second kappa shape index (κ2) is 9.07. The van der Waals surface area contributed by atoms with Crippen molar-refractivity contribution < 1.29 is 30.7 Å². The van der Waals surface area contributed by atoms with Gasteiger partial charge in [-0.1, -0.05) is 6.08 Å². The number of anilines is 2. The number of nitrogens with zero attached hydrogens (tertiary/aromatic N) is 5. The number of hydrogen-bond acceptors (Lipinski definition) is 4. The molecule has 0 spiro atoms. The van der Waals surface area contributed by atoms with Gasteiger partial charge >= 0.3 is 6.18 Å². The molecular formula is C24H20F7N5. The molecule has 0 amide bonds. The molecule has 0 aliphatic carbocycles. The molecule has 0 saturated carbocycles. The van der Waals surface area contributed by atoms with Gasteiger partial charge in [0, 0.05) is 11.1 Å². The summed E-state index contributed by atoms with van der Waals surface area (Å²) < 4.78 is 97.8. The lowest BCUT2D eigenvalue weighted by molar-refractivity contribution is -0.193. The number of fused-ring (bicyclic) bond motifs is 3. The summed E-state index contributed by atoms with van der Waals surface area (Å²) in [6.45, 7) is 2.35. The first kappa shape index (κ1) is 25.4. The third-order valence-corrected chi connectivity index (χ3v) is 5.73. The second-order valence-electron chi connectivity index (χ2n) is 8.84. The first-order chi connectivity index (χ1) is 16.8. The van der Waals surface area contributed by atoms with Crippen LogP contribution in [-0.2, 0) is 0 Å². The number of halogens is 7. The topological polar surface area (TPSA) is 46.3 Å². The van der Waals surface area contributed by atoms with Crippen molar-refractivity contribution in [3.63, 3.8) is 0 Å². The zero-order valence-electron chi connectivity index (χ0n) is 19.3. The SMILES string of the molecule is CC(=CC(C)(C)C(F)(F)F)c1cc(F)cc(N(CC(F)F)c2nc3nncn3c3ccc(F)cc23)c1. The lowest BCUT2D eigenvalue weighted by atomic mass is 9.88. The molecule has 2 aromatic heterocycles. The first-order valence-electron chi connectivity index (χ1n) is 10.7. The molecule has 0 fully saturated rings. The largest absolute Gasteiger partial charge is 0.397 e. The number of alkyl halides is 5. The Kier molecular flexibility index (Phi) is 6.40. The highest BCUT2D eigenvalue weighted by molar-refractivity contribution is 5.93. The number of allylic oxidation sites excluding steroid dienone is 2. The van der Waals surface area contributed by atoms with Gasteiger partial charge in [0.25, 0.3) is 12.2 Å². The molecule has 4 rings (SSSR count). The van der Waals surface area contributed by atoms with Crippen molar-refractivity contribution in [2.75, 3.05) is 11.4 Å². The maximum atomic E-state index is 14.7. The summed E-state index contributed by atoms with van der Waals surface area (Å²) in [5, 5.41) is 7.71. The molecule has 4 aromatic rings. The van der Waals surface area contributed by atoms with E-state index in [1.54, 1.807) is 0 Å². The highest BCUT2D eigenvalue weighted by Gasteiger charge is 2.45. The zero-order valence-corrected chi connectivity index (χ0v) is 19.3. The summed E-state index contributed by atoms with van der Waals surface area (Å²) in [4.78, 5) is 5.24. The number of rotatable bonds is 6. The summed E-state index contributed by atoms with van der Waals surface area (Å²) in [6, 6.07) is 6.90. The van der Waals surface area contributed by atoms with Gasteiger partial charge < -0.3 is 4.90 Å². The van der Waals surface area contributed by atoms with E-state index in [0.717, 1.165) is 43.0 Å². The average Bonchev–Trinajstić information content (AvgIpc) is 3.24. The van der Waals surface area contributed by atoms with Crippen LogP contribution in [0.15, 0.2) is 48.8 Å². The predicted octanol–water partition coefficient (Wildman–Crippen LogP) is 6.95. The van der Waals surface area contributed by atoms with Crippen LogP contribution in [0.25, 0.3) is 22.3 Å². The van der Waals surface area contributed by atoms with Crippen LogP contribution in [0.5, 0.6) is 0 Å². The minimum atomic E-state index is -4.56. The van der Waals surface area contributed by atoms with Gasteiger partial charge in [-0.3, -0.25) is 4.40 Å². The van der Waals surface area contributed by atoms with Crippen molar-refractivity contribution in [3.8, 4) is 0 Å². The van der Waals surface area contributed by atoms with Crippen LogP contribution >= 0.6 is 0 Å². The van der Waals surface area contributed by atoms with Crippen LogP contribution in [0.1, 0.15) is 26.3 Å². The molecule has 2 aromatic carbocycles. The molecule has 0 radical (unpaired) electrons. The molecule has 0 aliphatic rings. The van der Waals surface area contributed by atoms with E-state index in [9.17, 15) is 30.7 Å². The summed E-state index contributed by atoms with van der Waals surface area (Å²) in [7, 11) is 0. The molecular weight excluding hydrogens is 491 g/mol. The normalized spacial score (nSPS) is 13.2. The molecule has 5 nitrogen and oxygen atoms in total. The Morgan fingerprint density at radius 1 is 1.06 bits per heavy atom. The second-order valence-corrected chi connectivity index (χ2v) is 8.84. The van der Waals surface area contributed by atoms with E-state index in [1.807, 2.05) is 0 Å². The Morgan fingerprint density at radius 3 is 2.44 bits per heavy atom. The molecule has 0 bridgehead atoms. The quantitative estimate of drug-likeness (QED) is 0.263. The third-order valence-electron chi connectivity index (χ3n) is 5.73. The van der Waals surface area contributed by atoms with Crippen LogP contribution in [-0.4, -0.2) is 38.7 Å². The average molecular weight is 511 g/mol. The van der Waals surface area contributed by atoms with Gasteiger partial charge in [-0.25, -0.2) is 17.6 Å². The van der Waals surface area contributed by atoms with E-state index in [0.29, 0.717) is 5.52 Å². The summed E-state index contributed by atoms with van der Waals surface area (Å²) >= 11 is 0. The smallest absolute Gasteiger partial charge is 0.320 e. The Morgan fingerprint density at radius 2 is 1.78 bits per heavy atom.